The lowest BCUT2D eigenvalue weighted by Gasteiger charge is -2.18. The van der Waals surface area contributed by atoms with E-state index in [0.29, 0.717) is 0 Å². The highest BCUT2D eigenvalue weighted by molar-refractivity contribution is 7.89. The zero-order chi connectivity index (χ0) is 15.5. The number of nitrogens with one attached hydrogen (secondary N) is 2. The van der Waals surface area contributed by atoms with E-state index in [9.17, 15) is 21.6 Å². The van der Waals surface area contributed by atoms with Gasteiger partial charge in [-0.1, -0.05) is 6.07 Å². The number of alkyl halides is 3. The number of sulfonamides is 1. The van der Waals surface area contributed by atoms with E-state index in [2.05, 4.69) is 10.0 Å². The smallest absolute Gasteiger partial charge is 0.385 e. The molecule has 0 fully saturated rings. The van der Waals surface area contributed by atoms with Crippen LogP contribution >= 0.6 is 0 Å². The molecule has 0 aliphatic carbocycles. The quantitative estimate of drug-likeness (QED) is 0.820. The summed E-state index contributed by atoms with van der Waals surface area (Å²) in [5, 5.41) is 3.12. The summed E-state index contributed by atoms with van der Waals surface area (Å²) < 4.78 is 62.2. The topological polar surface area (TPSA) is 58.2 Å². The average molecular weight is 322 g/mol. The second kappa shape index (κ2) is 6.23. The highest BCUT2D eigenvalue weighted by atomic mass is 32.2. The van der Waals surface area contributed by atoms with Gasteiger partial charge >= 0.3 is 6.18 Å². The molecule has 0 saturated carbocycles. The van der Waals surface area contributed by atoms with Crippen LogP contribution in [0.15, 0.2) is 23.1 Å². The molecule has 0 unspecified atom stereocenters. The molecule has 0 amide bonds. The van der Waals surface area contributed by atoms with Crippen molar-refractivity contribution in [2.45, 2.75) is 36.8 Å². The Bertz CT molecular complexity index is 600. The third-order valence-electron chi connectivity index (χ3n) is 3.26. The van der Waals surface area contributed by atoms with Gasteiger partial charge in [0.25, 0.3) is 0 Å². The number of hydrogen-bond donors (Lipinski definition) is 2. The van der Waals surface area contributed by atoms with Gasteiger partial charge in [-0.2, -0.15) is 13.2 Å². The van der Waals surface area contributed by atoms with Gasteiger partial charge in [-0.3, -0.25) is 0 Å². The van der Waals surface area contributed by atoms with E-state index in [1.165, 1.54) is 12.1 Å². The Morgan fingerprint density at radius 1 is 1.29 bits per heavy atom. The third-order valence-corrected chi connectivity index (χ3v) is 4.72. The van der Waals surface area contributed by atoms with Crippen LogP contribution in [0.3, 0.4) is 0 Å². The molecule has 1 heterocycles. The zero-order valence-corrected chi connectivity index (χ0v) is 12.1. The standard InChI is InChI=1S/C13H17F3N2O2S/c14-13(15,16)6-2-8-18-21(19,20)11-5-4-10-3-1-7-17-12(10)9-11/h4-5,9,17-18H,1-3,6-8H2. The molecule has 0 spiro atoms. The minimum absolute atomic E-state index is 0.0719. The maximum Gasteiger partial charge on any atom is 0.389 e. The van der Waals surface area contributed by atoms with Gasteiger partial charge in [0.2, 0.25) is 10.0 Å². The number of hydrogen-bond acceptors (Lipinski definition) is 3. The van der Waals surface area contributed by atoms with Crippen molar-refractivity contribution in [1.82, 2.24) is 4.72 Å². The van der Waals surface area contributed by atoms with Gasteiger partial charge in [0.05, 0.1) is 4.90 Å². The van der Waals surface area contributed by atoms with Crippen LogP contribution in [-0.4, -0.2) is 27.7 Å². The van der Waals surface area contributed by atoms with Gasteiger partial charge in [0, 0.05) is 25.2 Å². The number of halogens is 3. The second-order valence-electron chi connectivity index (χ2n) is 4.97. The van der Waals surface area contributed by atoms with Crippen molar-refractivity contribution in [3.8, 4) is 0 Å². The monoisotopic (exact) mass is 322 g/mol. The normalized spacial score (nSPS) is 15.4. The van der Waals surface area contributed by atoms with Gasteiger partial charge in [-0.15, -0.1) is 0 Å². The second-order valence-corrected chi connectivity index (χ2v) is 6.73. The molecule has 0 saturated heterocycles. The predicted molar refractivity (Wildman–Crippen MR) is 73.7 cm³/mol. The van der Waals surface area contributed by atoms with E-state index in [1.54, 1.807) is 6.07 Å². The number of anilines is 1. The first-order valence-electron chi connectivity index (χ1n) is 6.71. The van der Waals surface area contributed by atoms with Gasteiger partial charge in [-0.05, 0) is 37.0 Å². The van der Waals surface area contributed by atoms with Crippen molar-refractivity contribution in [2.75, 3.05) is 18.4 Å². The summed E-state index contributed by atoms with van der Waals surface area (Å²) in [5.74, 6) is 0. The lowest BCUT2D eigenvalue weighted by atomic mass is 10.0. The van der Waals surface area contributed by atoms with Crippen LogP contribution in [0.2, 0.25) is 0 Å². The molecule has 118 valence electrons. The molecule has 0 atom stereocenters. The predicted octanol–water partition coefficient (Wildman–Crippen LogP) is 2.67. The van der Waals surface area contributed by atoms with E-state index in [4.69, 9.17) is 0 Å². The molecular formula is C13H17F3N2O2S. The van der Waals surface area contributed by atoms with Crippen molar-refractivity contribution in [1.29, 1.82) is 0 Å². The molecule has 1 aromatic rings. The van der Waals surface area contributed by atoms with Gasteiger partial charge in [0.15, 0.2) is 0 Å². The average Bonchev–Trinajstić information content (AvgIpc) is 2.42. The molecular weight excluding hydrogens is 305 g/mol. The molecule has 1 aromatic carbocycles. The number of aryl methyl sites for hydroxylation is 1. The molecule has 21 heavy (non-hydrogen) atoms. The van der Waals surface area contributed by atoms with Gasteiger partial charge in [0.1, 0.15) is 0 Å². The summed E-state index contributed by atoms with van der Waals surface area (Å²) in [6, 6.07) is 4.75. The van der Waals surface area contributed by atoms with Crippen molar-refractivity contribution < 1.29 is 21.6 Å². The Kier molecular flexibility index (Phi) is 4.77. The lowest BCUT2D eigenvalue weighted by Crippen LogP contribution is -2.26. The molecule has 0 radical (unpaired) electrons. The minimum Gasteiger partial charge on any atom is -0.385 e. The van der Waals surface area contributed by atoms with Crippen LogP contribution in [0.1, 0.15) is 24.8 Å². The number of rotatable bonds is 5. The molecule has 2 N–H and O–H groups in total. The van der Waals surface area contributed by atoms with E-state index in [1.807, 2.05) is 0 Å². The Morgan fingerprint density at radius 3 is 2.76 bits per heavy atom. The van der Waals surface area contributed by atoms with E-state index in [-0.39, 0.29) is 17.9 Å². The fourth-order valence-corrected chi connectivity index (χ4v) is 3.29. The summed E-state index contributed by atoms with van der Waals surface area (Å²) in [4.78, 5) is 0.0719. The Labute approximate surface area is 121 Å². The van der Waals surface area contributed by atoms with Crippen LogP contribution < -0.4 is 10.0 Å². The van der Waals surface area contributed by atoms with Gasteiger partial charge < -0.3 is 5.32 Å². The Morgan fingerprint density at radius 2 is 2.05 bits per heavy atom. The third kappa shape index (κ3) is 4.60. The highest BCUT2D eigenvalue weighted by Gasteiger charge is 2.26. The first-order chi connectivity index (χ1) is 9.78. The minimum atomic E-state index is -4.26. The molecule has 2 rings (SSSR count). The maximum atomic E-state index is 12.0. The van der Waals surface area contributed by atoms with Crippen molar-refractivity contribution >= 4 is 15.7 Å². The number of benzene rings is 1. The molecule has 0 aromatic heterocycles. The SMILES string of the molecule is O=S(=O)(NCCCC(F)(F)F)c1ccc2c(c1)NCCC2. The first kappa shape index (κ1) is 16.1. The summed E-state index contributed by atoms with van der Waals surface area (Å²) >= 11 is 0. The van der Waals surface area contributed by atoms with E-state index < -0.39 is 22.6 Å². The highest BCUT2D eigenvalue weighted by Crippen LogP contribution is 2.25. The molecule has 1 aliphatic heterocycles. The van der Waals surface area contributed by atoms with Gasteiger partial charge in [-0.25, -0.2) is 13.1 Å². The Hall–Kier alpha value is -1.28. The van der Waals surface area contributed by atoms with E-state index in [0.717, 1.165) is 30.6 Å². The lowest BCUT2D eigenvalue weighted by molar-refractivity contribution is -0.135. The summed E-state index contributed by atoms with van der Waals surface area (Å²) in [6.45, 7) is 0.557. The van der Waals surface area contributed by atoms with Crippen LogP contribution in [0.4, 0.5) is 18.9 Å². The first-order valence-corrected chi connectivity index (χ1v) is 8.19. The summed E-state index contributed by atoms with van der Waals surface area (Å²) in [7, 11) is -3.77. The van der Waals surface area contributed by atoms with Crippen LogP contribution in [-0.2, 0) is 16.4 Å². The van der Waals surface area contributed by atoms with Crippen molar-refractivity contribution in [3.63, 3.8) is 0 Å². The molecule has 1 aliphatic rings. The summed E-state index contributed by atoms with van der Waals surface area (Å²) in [5.41, 5.74) is 1.83. The fourth-order valence-electron chi connectivity index (χ4n) is 2.19. The number of fused-ring (bicyclic) bond motifs is 1. The van der Waals surface area contributed by atoms with Crippen molar-refractivity contribution in [2.24, 2.45) is 0 Å². The van der Waals surface area contributed by atoms with Crippen LogP contribution in [0.25, 0.3) is 0 Å². The zero-order valence-electron chi connectivity index (χ0n) is 11.3. The molecule has 4 nitrogen and oxygen atoms in total. The van der Waals surface area contributed by atoms with Crippen molar-refractivity contribution in [3.05, 3.63) is 23.8 Å². The fraction of sp³-hybridized carbons (Fsp3) is 0.538. The molecule has 8 heteroatoms. The maximum absolute atomic E-state index is 12.0. The van der Waals surface area contributed by atoms with E-state index >= 15 is 0 Å². The van der Waals surface area contributed by atoms with Crippen LogP contribution in [0, 0.1) is 0 Å². The summed E-state index contributed by atoms with van der Waals surface area (Å²) in [6.07, 6.45) is -3.65. The largest absolute Gasteiger partial charge is 0.389 e. The van der Waals surface area contributed by atoms with Crippen LogP contribution in [0.5, 0.6) is 0 Å². The molecule has 0 bridgehead atoms. The Balaban J connectivity index is 1.99.